The Morgan fingerprint density at radius 1 is 1.29 bits per heavy atom. The quantitative estimate of drug-likeness (QED) is 0.194. The molecule has 0 bridgehead atoms. The number of esters is 1. The van der Waals surface area contributed by atoms with Crippen molar-refractivity contribution in [2.45, 2.75) is 56.4 Å². The molecule has 1 aliphatic heterocycles. The molecular formula is C26H28FN6O7P. The number of nitrogens with one attached hydrogen (secondary N) is 1. The Hall–Kier alpha value is -3.68. The van der Waals surface area contributed by atoms with E-state index in [0.29, 0.717) is 5.39 Å². The highest BCUT2D eigenvalue weighted by Gasteiger charge is 2.85. The standard InChI is InChI=1S/C26H28FN6O7P/c1-4-37-24(34)14(2)32-41(36,39-18-11-7-9-15-8-5-6-10-16(15)18)40-21-20-26(21,35)25(3,27)19(38-20)17-12-29-23-22(28)30-13-31-33(17)23/h5-14,19-21,35H,4H2,1-3H3,(H,32,36)(H2,28,30,31)/t14-,19-,20+,21?,25-,26-,41?/m0/s1. The van der Waals surface area contributed by atoms with Gasteiger partial charge >= 0.3 is 13.7 Å². The molecule has 0 radical (unpaired) electrons. The monoisotopic (exact) mass is 586 g/mol. The number of aliphatic hydroxyl groups is 1. The largest absolute Gasteiger partial charge is 0.465 e. The second kappa shape index (κ2) is 9.71. The van der Waals surface area contributed by atoms with Crippen LogP contribution in [0.3, 0.4) is 0 Å². The maximum atomic E-state index is 16.4. The average molecular weight is 587 g/mol. The number of nitrogens with two attached hydrogens (primary N) is 1. The predicted octanol–water partition coefficient (Wildman–Crippen LogP) is 2.89. The highest BCUT2D eigenvalue weighted by molar-refractivity contribution is 7.52. The van der Waals surface area contributed by atoms with Crippen LogP contribution in [0.1, 0.15) is 32.6 Å². The van der Waals surface area contributed by atoms with Gasteiger partial charge in [-0.2, -0.15) is 10.2 Å². The van der Waals surface area contributed by atoms with Crippen molar-refractivity contribution < 1.29 is 37.4 Å². The van der Waals surface area contributed by atoms with Crippen molar-refractivity contribution in [3.05, 3.63) is 60.7 Å². The number of carbonyl (C=O) groups excluding carboxylic acids is 1. The van der Waals surface area contributed by atoms with E-state index in [4.69, 9.17) is 24.3 Å². The van der Waals surface area contributed by atoms with E-state index >= 15 is 4.39 Å². The summed E-state index contributed by atoms with van der Waals surface area (Å²) >= 11 is 0. The number of carbonyl (C=O) groups is 1. The summed E-state index contributed by atoms with van der Waals surface area (Å²) in [5, 5.41) is 19.5. The average Bonchev–Trinajstić information content (AvgIpc) is 3.19. The summed E-state index contributed by atoms with van der Waals surface area (Å²) < 4.78 is 54.6. The van der Waals surface area contributed by atoms with Gasteiger partial charge in [0.2, 0.25) is 0 Å². The fourth-order valence-electron chi connectivity index (χ4n) is 5.23. The van der Waals surface area contributed by atoms with E-state index in [-0.39, 0.29) is 29.5 Å². The Labute approximate surface area is 233 Å². The van der Waals surface area contributed by atoms with Crippen molar-refractivity contribution in [3.63, 3.8) is 0 Å². The van der Waals surface area contributed by atoms with E-state index in [9.17, 15) is 14.5 Å². The van der Waals surface area contributed by atoms with Gasteiger partial charge in [0, 0.05) is 5.39 Å². The number of benzene rings is 2. The van der Waals surface area contributed by atoms with Crippen LogP contribution in [0, 0.1) is 0 Å². The van der Waals surface area contributed by atoms with Crippen LogP contribution in [0.25, 0.3) is 16.4 Å². The number of ether oxygens (including phenoxy) is 2. The van der Waals surface area contributed by atoms with Gasteiger partial charge < -0.3 is 24.8 Å². The Morgan fingerprint density at radius 3 is 2.78 bits per heavy atom. The lowest BCUT2D eigenvalue weighted by molar-refractivity contribution is -0.144. The van der Waals surface area contributed by atoms with Gasteiger partial charge in [0.1, 0.15) is 36.4 Å². The molecule has 1 saturated carbocycles. The minimum absolute atomic E-state index is 0.0863. The van der Waals surface area contributed by atoms with Crippen molar-refractivity contribution in [2.75, 3.05) is 12.3 Å². The Bertz CT molecular complexity index is 1700. The predicted molar refractivity (Wildman–Crippen MR) is 144 cm³/mol. The van der Waals surface area contributed by atoms with Crippen LogP contribution in [-0.4, -0.2) is 66.8 Å². The summed E-state index contributed by atoms with van der Waals surface area (Å²) in [7, 11) is -4.46. The molecule has 2 fully saturated rings. The zero-order chi connectivity index (χ0) is 29.2. The fraction of sp³-hybridized carbons (Fsp3) is 0.385. The summed E-state index contributed by atoms with van der Waals surface area (Å²) in [6.45, 7) is 4.30. The number of halogens is 1. The minimum Gasteiger partial charge on any atom is -0.465 e. The normalized spacial score (nSPS) is 29.1. The van der Waals surface area contributed by atoms with Crippen LogP contribution in [0.15, 0.2) is 55.0 Å². The summed E-state index contributed by atoms with van der Waals surface area (Å²) in [5.41, 5.74) is 1.58. The first kappa shape index (κ1) is 27.5. The minimum atomic E-state index is -4.46. The van der Waals surface area contributed by atoms with E-state index in [1.165, 1.54) is 24.0 Å². The molecule has 2 aromatic carbocycles. The zero-order valence-electron chi connectivity index (χ0n) is 22.3. The molecule has 6 rings (SSSR count). The van der Waals surface area contributed by atoms with E-state index in [0.717, 1.165) is 12.3 Å². The van der Waals surface area contributed by atoms with E-state index in [2.05, 4.69) is 20.2 Å². The lowest BCUT2D eigenvalue weighted by Crippen LogP contribution is -2.44. The molecule has 7 atom stereocenters. The number of rotatable bonds is 9. The topological polar surface area (TPSA) is 172 Å². The molecule has 15 heteroatoms. The summed E-state index contributed by atoms with van der Waals surface area (Å²) in [6, 6.07) is 11.2. The fourth-order valence-corrected chi connectivity index (χ4v) is 6.96. The molecular weight excluding hydrogens is 558 g/mol. The molecule has 1 saturated heterocycles. The van der Waals surface area contributed by atoms with Gasteiger partial charge in [0.15, 0.2) is 22.7 Å². The van der Waals surface area contributed by atoms with Crippen LogP contribution in [-0.2, 0) is 23.4 Å². The van der Waals surface area contributed by atoms with Crippen LogP contribution >= 0.6 is 7.75 Å². The van der Waals surface area contributed by atoms with Gasteiger partial charge in [0.05, 0.1) is 18.5 Å². The van der Waals surface area contributed by atoms with Gasteiger partial charge in [-0.3, -0.25) is 9.32 Å². The number of aromatic nitrogens is 4. The van der Waals surface area contributed by atoms with Gasteiger partial charge in [-0.1, -0.05) is 36.4 Å². The number of alkyl halides is 1. The van der Waals surface area contributed by atoms with Gasteiger partial charge in [-0.15, -0.1) is 0 Å². The van der Waals surface area contributed by atoms with Crippen molar-refractivity contribution in [2.24, 2.45) is 0 Å². The molecule has 0 amide bonds. The lowest BCUT2D eigenvalue weighted by Gasteiger charge is -2.31. The highest BCUT2D eigenvalue weighted by atomic mass is 31.2. The first-order valence-corrected chi connectivity index (χ1v) is 14.5. The SMILES string of the molecule is CCOC(=O)[C@H](C)NP(=O)(Oc1cccc2ccccc12)OC1[C@H]2O[C@@H](c3cnc4c(N)ncnn34)[C@](C)(F)[C@@]12O. The van der Waals surface area contributed by atoms with Crippen molar-refractivity contribution in [3.8, 4) is 5.75 Å². The van der Waals surface area contributed by atoms with Gasteiger partial charge in [-0.05, 0) is 32.2 Å². The van der Waals surface area contributed by atoms with E-state index in [1.807, 2.05) is 18.2 Å². The first-order valence-electron chi connectivity index (χ1n) is 12.9. The molecule has 216 valence electrons. The third kappa shape index (κ3) is 4.34. The van der Waals surface area contributed by atoms with Crippen LogP contribution < -0.4 is 15.3 Å². The number of hydrogen-bond acceptors (Lipinski definition) is 11. The molecule has 0 spiro atoms. The third-order valence-electron chi connectivity index (χ3n) is 7.43. The zero-order valence-corrected chi connectivity index (χ0v) is 23.2. The Kier molecular flexibility index (Phi) is 6.51. The maximum Gasteiger partial charge on any atom is 0.459 e. The van der Waals surface area contributed by atoms with Gasteiger partial charge in [0.25, 0.3) is 0 Å². The molecule has 4 aromatic rings. The molecule has 1 aliphatic carbocycles. The molecule has 2 unspecified atom stereocenters. The molecule has 4 N–H and O–H groups in total. The summed E-state index contributed by atoms with van der Waals surface area (Å²) in [5.74, 6) is -0.422. The number of nitrogen functional groups attached to an aromatic ring is 1. The lowest BCUT2D eigenvalue weighted by atomic mass is 9.91. The summed E-state index contributed by atoms with van der Waals surface area (Å²) in [4.78, 5) is 20.4. The number of nitrogens with zero attached hydrogens (tertiary/aromatic N) is 4. The van der Waals surface area contributed by atoms with Gasteiger partial charge in [-0.25, -0.2) is 23.4 Å². The van der Waals surface area contributed by atoms with Crippen LogP contribution in [0.2, 0.25) is 0 Å². The Balaban J connectivity index is 1.30. The van der Waals surface area contributed by atoms with Crippen molar-refractivity contribution in [1.82, 2.24) is 24.7 Å². The van der Waals surface area contributed by atoms with E-state index in [1.54, 1.807) is 31.2 Å². The number of anilines is 1. The second-order valence-corrected chi connectivity index (χ2v) is 11.7. The molecule has 2 aromatic heterocycles. The number of fused-ring (bicyclic) bond motifs is 3. The molecule has 2 aliphatic rings. The third-order valence-corrected chi connectivity index (χ3v) is 9.08. The molecule has 41 heavy (non-hydrogen) atoms. The van der Waals surface area contributed by atoms with Crippen molar-refractivity contribution >= 4 is 36.0 Å². The first-order chi connectivity index (χ1) is 19.5. The Morgan fingerprint density at radius 2 is 2.05 bits per heavy atom. The number of imidazole rings is 1. The van der Waals surface area contributed by atoms with E-state index < -0.39 is 49.3 Å². The maximum absolute atomic E-state index is 16.4. The highest BCUT2D eigenvalue weighted by Crippen LogP contribution is 2.67. The van der Waals surface area contributed by atoms with Crippen LogP contribution in [0.5, 0.6) is 5.75 Å². The number of hydrogen-bond donors (Lipinski definition) is 3. The smallest absolute Gasteiger partial charge is 0.459 e. The van der Waals surface area contributed by atoms with Crippen molar-refractivity contribution in [1.29, 1.82) is 0 Å². The van der Waals surface area contributed by atoms with Crippen LogP contribution in [0.4, 0.5) is 10.2 Å². The second-order valence-electron chi connectivity index (χ2n) is 10.1. The molecule has 13 nitrogen and oxygen atoms in total. The summed E-state index contributed by atoms with van der Waals surface area (Å²) in [6.07, 6.45) is -1.42. The molecule has 3 heterocycles.